The Labute approximate surface area is 146 Å². The Kier molecular flexibility index (Phi) is 4.28. The van der Waals surface area contributed by atoms with Gasteiger partial charge in [-0.3, -0.25) is 14.5 Å². The Bertz CT molecular complexity index is 911. The van der Waals surface area contributed by atoms with Crippen LogP contribution in [0, 0.1) is 5.92 Å². The number of nitrogens with zero attached hydrogens (tertiary/aromatic N) is 4. The molecule has 128 valence electrons. The molecule has 4 rings (SSSR count). The third-order valence-electron chi connectivity index (χ3n) is 4.74. The van der Waals surface area contributed by atoms with Crippen LogP contribution in [0.2, 0.25) is 0 Å². The van der Waals surface area contributed by atoms with Gasteiger partial charge in [-0.15, -0.1) is 0 Å². The van der Waals surface area contributed by atoms with Gasteiger partial charge in [-0.2, -0.15) is 5.10 Å². The molecule has 6 heteroatoms. The van der Waals surface area contributed by atoms with E-state index in [1.165, 1.54) is 0 Å². The second kappa shape index (κ2) is 6.72. The maximum absolute atomic E-state index is 12.5. The molecule has 6 nitrogen and oxygen atoms in total. The monoisotopic (exact) mass is 335 g/mol. The first-order chi connectivity index (χ1) is 12.2. The van der Waals surface area contributed by atoms with E-state index in [1.807, 2.05) is 31.4 Å². The average Bonchev–Trinajstić information content (AvgIpc) is 3.08. The van der Waals surface area contributed by atoms with Gasteiger partial charge >= 0.3 is 0 Å². The van der Waals surface area contributed by atoms with Gasteiger partial charge in [-0.1, -0.05) is 0 Å². The number of carbonyl (C=O) groups excluding carboxylic acids is 1. The first kappa shape index (κ1) is 15.9. The lowest BCUT2D eigenvalue weighted by atomic mass is 9.92. The second-order valence-electron chi connectivity index (χ2n) is 6.65. The first-order valence-corrected chi connectivity index (χ1v) is 8.67. The van der Waals surface area contributed by atoms with Crippen LogP contribution in [0.4, 0.5) is 0 Å². The molecule has 0 spiro atoms. The van der Waals surface area contributed by atoms with Crippen molar-refractivity contribution in [1.82, 2.24) is 25.1 Å². The lowest BCUT2D eigenvalue weighted by Crippen LogP contribution is -2.35. The number of ketones is 1. The number of aryl methyl sites for hydroxylation is 1. The Morgan fingerprint density at radius 3 is 3.04 bits per heavy atom. The molecule has 3 aromatic heterocycles. The van der Waals surface area contributed by atoms with Gasteiger partial charge in [0.25, 0.3) is 0 Å². The number of piperidine rings is 1. The molecule has 4 heterocycles. The number of pyridine rings is 2. The quantitative estimate of drug-likeness (QED) is 0.791. The van der Waals surface area contributed by atoms with Crippen LogP contribution in [0.25, 0.3) is 22.2 Å². The van der Waals surface area contributed by atoms with Crippen molar-refractivity contribution in [3.63, 3.8) is 0 Å². The molecule has 0 bridgehead atoms. The van der Waals surface area contributed by atoms with E-state index in [0.717, 1.165) is 53.8 Å². The van der Waals surface area contributed by atoms with Crippen molar-refractivity contribution in [2.24, 2.45) is 13.0 Å². The molecular weight excluding hydrogens is 314 g/mol. The zero-order valence-electron chi connectivity index (χ0n) is 14.3. The van der Waals surface area contributed by atoms with E-state index in [1.54, 1.807) is 17.1 Å². The summed E-state index contributed by atoms with van der Waals surface area (Å²) in [4.78, 5) is 21.7. The molecule has 0 saturated carbocycles. The van der Waals surface area contributed by atoms with E-state index in [2.05, 4.69) is 15.4 Å². The van der Waals surface area contributed by atoms with Gasteiger partial charge in [0.15, 0.2) is 0 Å². The molecule has 1 atom stereocenters. The molecule has 1 fully saturated rings. The van der Waals surface area contributed by atoms with Crippen molar-refractivity contribution in [1.29, 1.82) is 0 Å². The van der Waals surface area contributed by atoms with Gasteiger partial charge in [0.05, 0.1) is 17.4 Å². The van der Waals surface area contributed by atoms with Crippen molar-refractivity contribution < 1.29 is 4.79 Å². The summed E-state index contributed by atoms with van der Waals surface area (Å²) < 4.78 is 1.76. The zero-order valence-corrected chi connectivity index (χ0v) is 14.3. The van der Waals surface area contributed by atoms with Crippen molar-refractivity contribution in [3.05, 3.63) is 42.5 Å². The maximum Gasteiger partial charge on any atom is 0.143 e. The number of Topliss-reactive ketones (excluding diaryl/α,β-unsaturated/α-hetero) is 1. The number of fused-ring (bicyclic) bond motifs is 1. The molecule has 1 aliphatic rings. The Morgan fingerprint density at radius 1 is 1.36 bits per heavy atom. The summed E-state index contributed by atoms with van der Waals surface area (Å²) in [5, 5.41) is 8.47. The van der Waals surface area contributed by atoms with Gasteiger partial charge in [0.1, 0.15) is 5.78 Å². The normalized spacial score (nSPS) is 17.7. The highest BCUT2D eigenvalue weighted by molar-refractivity contribution is 5.85. The van der Waals surface area contributed by atoms with Crippen molar-refractivity contribution in [2.75, 3.05) is 13.1 Å². The van der Waals surface area contributed by atoms with Gasteiger partial charge in [-0.25, -0.2) is 4.98 Å². The fourth-order valence-electron chi connectivity index (χ4n) is 3.32. The van der Waals surface area contributed by atoms with Crippen molar-refractivity contribution in [3.8, 4) is 11.3 Å². The lowest BCUT2D eigenvalue weighted by molar-refractivity contribution is -0.122. The first-order valence-electron chi connectivity index (χ1n) is 8.67. The van der Waals surface area contributed by atoms with Crippen LogP contribution in [-0.2, 0) is 18.3 Å². The highest BCUT2D eigenvalue weighted by Gasteiger charge is 2.21. The lowest BCUT2D eigenvalue weighted by Gasteiger charge is -2.21. The molecule has 25 heavy (non-hydrogen) atoms. The van der Waals surface area contributed by atoms with Crippen LogP contribution in [0.5, 0.6) is 0 Å². The highest BCUT2D eigenvalue weighted by Crippen LogP contribution is 2.21. The minimum atomic E-state index is 0.112. The van der Waals surface area contributed by atoms with Crippen LogP contribution in [0.15, 0.2) is 36.8 Å². The van der Waals surface area contributed by atoms with Crippen LogP contribution in [0.1, 0.15) is 18.5 Å². The van der Waals surface area contributed by atoms with Crippen LogP contribution in [0.3, 0.4) is 0 Å². The Morgan fingerprint density at radius 2 is 2.28 bits per heavy atom. The standard InChI is InChI=1S/C19H21N5O/c1-24-12-15(11-22-24)17-5-4-13-10-21-16(7-18(13)23-17)8-19(25)14-3-2-6-20-9-14/h4-5,7,10-12,14,20H,2-3,6,8-9H2,1H3/t14-/m0/s1. The summed E-state index contributed by atoms with van der Waals surface area (Å²) in [6.45, 7) is 1.80. The molecule has 1 saturated heterocycles. The fourth-order valence-corrected chi connectivity index (χ4v) is 3.32. The number of nitrogens with one attached hydrogen (secondary N) is 1. The summed E-state index contributed by atoms with van der Waals surface area (Å²) in [5.41, 5.74) is 3.51. The highest BCUT2D eigenvalue weighted by atomic mass is 16.1. The predicted octanol–water partition coefficient (Wildman–Crippen LogP) is 2.14. The predicted molar refractivity (Wildman–Crippen MR) is 96.0 cm³/mol. The molecule has 0 aliphatic carbocycles. The summed E-state index contributed by atoms with van der Waals surface area (Å²) in [7, 11) is 1.89. The topological polar surface area (TPSA) is 72.7 Å². The van der Waals surface area contributed by atoms with Crippen molar-refractivity contribution in [2.45, 2.75) is 19.3 Å². The number of hydrogen-bond acceptors (Lipinski definition) is 5. The molecule has 0 unspecified atom stereocenters. The van der Waals surface area contributed by atoms with Gasteiger partial charge in [0.2, 0.25) is 0 Å². The van der Waals surface area contributed by atoms with E-state index < -0.39 is 0 Å². The summed E-state index contributed by atoms with van der Waals surface area (Å²) in [5.74, 6) is 0.378. The van der Waals surface area contributed by atoms with E-state index in [4.69, 9.17) is 4.98 Å². The zero-order chi connectivity index (χ0) is 17.2. The molecule has 3 aromatic rings. The number of carbonyl (C=O) groups is 1. The molecule has 1 aliphatic heterocycles. The van der Waals surface area contributed by atoms with Crippen LogP contribution in [-0.4, -0.2) is 38.6 Å². The largest absolute Gasteiger partial charge is 0.316 e. The van der Waals surface area contributed by atoms with Crippen molar-refractivity contribution >= 4 is 16.7 Å². The van der Waals surface area contributed by atoms with E-state index >= 15 is 0 Å². The van der Waals surface area contributed by atoms with Crippen LogP contribution >= 0.6 is 0 Å². The molecular formula is C19H21N5O. The number of rotatable bonds is 4. The van der Waals surface area contributed by atoms with Crippen LogP contribution < -0.4 is 5.32 Å². The Hall–Kier alpha value is -2.60. The number of aromatic nitrogens is 4. The third-order valence-corrected chi connectivity index (χ3v) is 4.74. The average molecular weight is 335 g/mol. The summed E-state index contributed by atoms with van der Waals surface area (Å²) >= 11 is 0. The van der Waals surface area contributed by atoms with E-state index in [9.17, 15) is 4.79 Å². The van der Waals surface area contributed by atoms with E-state index in [0.29, 0.717) is 6.42 Å². The smallest absolute Gasteiger partial charge is 0.143 e. The maximum atomic E-state index is 12.5. The van der Waals surface area contributed by atoms with Gasteiger partial charge in [-0.05, 0) is 37.6 Å². The van der Waals surface area contributed by atoms with E-state index in [-0.39, 0.29) is 11.7 Å². The molecule has 0 radical (unpaired) electrons. The summed E-state index contributed by atoms with van der Waals surface area (Å²) in [6, 6.07) is 5.91. The second-order valence-corrected chi connectivity index (χ2v) is 6.65. The SMILES string of the molecule is Cn1cc(-c2ccc3cnc(CC(=O)[C@H]4CCCNC4)cc3n2)cn1. The fraction of sp³-hybridized carbons (Fsp3) is 0.368. The van der Waals surface area contributed by atoms with Gasteiger partial charge < -0.3 is 5.32 Å². The Balaban J connectivity index is 1.59. The van der Waals surface area contributed by atoms with Gasteiger partial charge in [0, 0.05) is 55.0 Å². The number of hydrogen-bond donors (Lipinski definition) is 1. The molecule has 1 N–H and O–H groups in total. The third kappa shape index (κ3) is 3.44. The minimum Gasteiger partial charge on any atom is -0.316 e. The molecule has 0 aromatic carbocycles. The molecule has 0 amide bonds. The minimum absolute atomic E-state index is 0.112. The summed E-state index contributed by atoms with van der Waals surface area (Å²) in [6.07, 6.45) is 7.96.